The molecule has 5 nitrogen and oxygen atoms in total. The summed E-state index contributed by atoms with van der Waals surface area (Å²) in [7, 11) is 1.59. The molecule has 1 N–H and O–H groups in total. The lowest BCUT2D eigenvalue weighted by Gasteiger charge is -2.09. The van der Waals surface area contributed by atoms with E-state index in [1.807, 2.05) is 19.1 Å². The highest BCUT2D eigenvalue weighted by Gasteiger charge is 2.13. The molecule has 18 heavy (non-hydrogen) atoms. The van der Waals surface area contributed by atoms with Crippen LogP contribution in [-0.4, -0.2) is 35.6 Å². The summed E-state index contributed by atoms with van der Waals surface area (Å²) in [5.74, 6) is -0.194. The predicted octanol–water partition coefficient (Wildman–Crippen LogP) is 1.67. The van der Waals surface area contributed by atoms with Gasteiger partial charge in [0.05, 0.1) is 18.3 Å². The molecule has 0 fully saturated rings. The Morgan fingerprint density at radius 2 is 2.33 bits per heavy atom. The first kappa shape index (κ1) is 12.9. The van der Waals surface area contributed by atoms with Crippen molar-refractivity contribution >= 4 is 23.0 Å². The molecule has 2 rings (SSSR count). The van der Waals surface area contributed by atoms with Crippen molar-refractivity contribution < 1.29 is 9.53 Å². The van der Waals surface area contributed by atoms with Gasteiger partial charge >= 0.3 is 0 Å². The summed E-state index contributed by atoms with van der Waals surface area (Å²) in [6.45, 7) is 2.84. The molecule has 0 bridgehead atoms. The molecular formula is C12H14ClN3O2. The number of halogens is 1. The molecule has 0 saturated carbocycles. The summed E-state index contributed by atoms with van der Waals surface area (Å²) in [6.07, 6.45) is 1.48. The highest BCUT2D eigenvalue weighted by molar-refractivity contribution is 6.32. The monoisotopic (exact) mass is 267 g/mol. The number of fused-ring (bicyclic) bond motifs is 1. The van der Waals surface area contributed by atoms with Gasteiger partial charge in [0.1, 0.15) is 5.69 Å². The maximum absolute atomic E-state index is 12.0. The lowest BCUT2D eigenvalue weighted by molar-refractivity contribution is 0.0930. The zero-order chi connectivity index (χ0) is 13.1. The number of carbonyl (C=O) groups excluding carboxylic acids is 1. The van der Waals surface area contributed by atoms with Crippen molar-refractivity contribution in [3.8, 4) is 0 Å². The third-order valence-electron chi connectivity index (χ3n) is 2.65. The van der Waals surface area contributed by atoms with Crippen molar-refractivity contribution in [3.05, 3.63) is 34.9 Å². The molecule has 1 amide bonds. The predicted molar refractivity (Wildman–Crippen MR) is 69.1 cm³/mol. The van der Waals surface area contributed by atoms with Crippen molar-refractivity contribution in [2.75, 3.05) is 20.3 Å². The van der Waals surface area contributed by atoms with Gasteiger partial charge in [-0.1, -0.05) is 11.6 Å². The maximum atomic E-state index is 12.0. The highest BCUT2D eigenvalue weighted by atomic mass is 35.5. The molecule has 2 aromatic heterocycles. The van der Waals surface area contributed by atoms with Crippen molar-refractivity contribution in [2.45, 2.75) is 6.92 Å². The number of aryl methyl sites for hydroxylation is 1. The zero-order valence-electron chi connectivity index (χ0n) is 10.2. The van der Waals surface area contributed by atoms with Gasteiger partial charge in [0, 0.05) is 19.3 Å². The molecule has 0 aliphatic carbocycles. The number of amides is 1. The van der Waals surface area contributed by atoms with Crippen LogP contribution in [0.4, 0.5) is 0 Å². The average molecular weight is 268 g/mol. The quantitative estimate of drug-likeness (QED) is 0.858. The molecule has 96 valence electrons. The van der Waals surface area contributed by atoms with Gasteiger partial charge in [0.2, 0.25) is 0 Å². The Hall–Kier alpha value is -1.59. The molecule has 0 saturated heterocycles. The van der Waals surface area contributed by atoms with Gasteiger partial charge in [0.15, 0.2) is 5.15 Å². The van der Waals surface area contributed by atoms with Crippen LogP contribution in [0, 0.1) is 6.92 Å². The summed E-state index contributed by atoms with van der Waals surface area (Å²) in [6, 6.07) is 3.74. The fourth-order valence-corrected chi connectivity index (χ4v) is 1.97. The topological polar surface area (TPSA) is 55.6 Å². The van der Waals surface area contributed by atoms with Crippen molar-refractivity contribution in [1.82, 2.24) is 14.7 Å². The first-order valence-corrected chi connectivity index (χ1v) is 5.92. The molecule has 2 heterocycles. The summed E-state index contributed by atoms with van der Waals surface area (Å²) in [5.41, 5.74) is 2.13. The Morgan fingerprint density at radius 1 is 1.56 bits per heavy atom. The second kappa shape index (κ2) is 5.37. The minimum Gasteiger partial charge on any atom is -0.383 e. The normalized spacial score (nSPS) is 10.8. The molecular weight excluding hydrogens is 254 g/mol. The SMILES string of the molecule is COCCNC(=O)c1cnc(Cl)c2ccc(C)n12. The summed E-state index contributed by atoms with van der Waals surface area (Å²) >= 11 is 5.99. The van der Waals surface area contributed by atoms with Gasteiger partial charge in [-0.15, -0.1) is 0 Å². The van der Waals surface area contributed by atoms with E-state index in [2.05, 4.69) is 10.3 Å². The maximum Gasteiger partial charge on any atom is 0.269 e. The van der Waals surface area contributed by atoms with E-state index in [1.54, 1.807) is 11.5 Å². The lowest BCUT2D eigenvalue weighted by atomic mass is 10.4. The fourth-order valence-electron chi connectivity index (χ4n) is 1.78. The molecule has 0 aliphatic heterocycles. The van der Waals surface area contributed by atoms with Crippen LogP contribution in [0.25, 0.3) is 5.52 Å². The number of ether oxygens (including phenoxy) is 1. The molecule has 0 spiro atoms. The third kappa shape index (κ3) is 2.32. The molecule has 2 aromatic rings. The summed E-state index contributed by atoms with van der Waals surface area (Å²) < 4.78 is 6.67. The largest absolute Gasteiger partial charge is 0.383 e. The zero-order valence-corrected chi connectivity index (χ0v) is 11.0. The molecule has 0 atom stereocenters. The Morgan fingerprint density at radius 3 is 3.06 bits per heavy atom. The number of hydrogen-bond acceptors (Lipinski definition) is 3. The van der Waals surface area contributed by atoms with Crippen LogP contribution in [0.1, 0.15) is 16.2 Å². The van der Waals surface area contributed by atoms with Crippen LogP contribution in [-0.2, 0) is 4.74 Å². The highest BCUT2D eigenvalue weighted by Crippen LogP contribution is 2.19. The summed E-state index contributed by atoms with van der Waals surface area (Å²) in [5, 5.41) is 3.15. The molecule has 0 radical (unpaired) electrons. The Kier molecular flexibility index (Phi) is 3.84. The van der Waals surface area contributed by atoms with E-state index >= 15 is 0 Å². The van der Waals surface area contributed by atoms with Crippen molar-refractivity contribution in [3.63, 3.8) is 0 Å². The van der Waals surface area contributed by atoms with E-state index in [1.165, 1.54) is 6.20 Å². The number of carbonyl (C=O) groups is 1. The molecule has 0 aliphatic rings. The fraction of sp³-hybridized carbons (Fsp3) is 0.333. The van der Waals surface area contributed by atoms with Gasteiger partial charge in [-0.2, -0.15) is 0 Å². The number of aromatic nitrogens is 2. The van der Waals surface area contributed by atoms with Crippen LogP contribution >= 0.6 is 11.6 Å². The van der Waals surface area contributed by atoms with Crippen LogP contribution in [0.2, 0.25) is 5.15 Å². The van der Waals surface area contributed by atoms with Gasteiger partial charge in [0.25, 0.3) is 5.91 Å². The lowest BCUT2D eigenvalue weighted by Crippen LogP contribution is -2.29. The molecule has 0 aromatic carbocycles. The first-order chi connectivity index (χ1) is 8.65. The van der Waals surface area contributed by atoms with Gasteiger partial charge in [-0.05, 0) is 19.1 Å². The van der Waals surface area contributed by atoms with Crippen LogP contribution in [0.5, 0.6) is 0 Å². The van der Waals surface area contributed by atoms with E-state index in [0.717, 1.165) is 11.2 Å². The number of rotatable bonds is 4. The third-order valence-corrected chi connectivity index (χ3v) is 2.94. The second-order valence-corrected chi connectivity index (χ2v) is 4.24. The van der Waals surface area contributed by atoms with E-state index in [0.29, 0.717) is 24.0 Å². The van der Waals surface area contributed by atoms with Crippen molar-refractivity contribution in [2.24, 2.45) is 0 Å². The Balaban J connectivity index is 2.36. The molecule has 0 unspecified atom stereocenters. The first-order valence-electron chi connectivity index (χ1n) is 5.55. The second-order valence-electron chi connectivity index (χ2n) is 3.88. The Bertz CT molecular complexity index is 580. The van der Waals surface area contributed by atoms with Crippen LogP contribution in [0.15, 0.2) is 18.3 Å². The number of nitrogens with zero attached hydrogens (tertiary/aromatic N) is 2. The standard InChI is InChI=1S/C12H14ClN3O2/c1-8-3-4-9-11(13)15-7-10(16(8)9)12(17)14-5-6-18-2/h3-4,7H,5-6H2,1-2H3,(H,14,17). The van der Waals surface area contributed by atoms with Gasteiger partial charge < -0.3 is 14.5 Å². The minimum absolute atomic E-state index is 0.194. The van der Waals surface area contributed by atoms with E-state index < -0.39 is 0 Å². The van der Waals surface area contributed by atoms with Gasteiger partial charge in [-0.3, -0.25) is 4.79 Å². The average Bonchev–Trinajstić information content (AvgIpc) is 2.74. The van der Waals surface area contributed by atoms with Crippen LogP contribution < -0.4 is 5.32 Å². The van der Waals surface area contributed by atoms with E-state index in [4.69, 9.17) is 16.3 Å². The van der Waals surface area contributed by atoms with E-state index in [-0.39, 0.29) is 5.91 Å². The van der Waals surface area contributed by atoms with E-state index in [9.17, 15) is 4.79 Å². The minimum atomic E-state index is -0.194. The number of hydrogen-bond donors (Lipinski definition) is 1. The molecule has 6 heteroatoms. The van der Waals surface area contributed by atoms with Crippen LogP contribution in [0.3, 0.4) is 0 Å². The van der Waals surface area contributed by atoms with Crippen molar-refractivity contribution in [1.29, 1.82) is 0 Å². The van der Waals surface area contributed by atoms with Gasteiger partial charge in [-0.25, -0.2) is 4.98 Å². The number of methoxy groups -OCH3 is 1. The smallest absolute Gasteiger partial charge is 0.269 e. The summed E-state index contributed by atoms with van der Waals surface area (Å²) in [4.78, 5) is 16.0. The number of nitrogens with one attached hydrogen (secondary N) is 1. The Labute approximate surface area is 110 Å².